The molecule has 2 unspecified atom stereocenters. The van der Waals surface area contributed by atoms with Crippen LogP contribution in [0.3, 0.4) is 0 Å². The van der Waals surface area contributed by atoms with E-state index in [1.165, 1.54) is 0 Å². The average Bonchev–Trinajstić information content (AvgIpc) is 2.61. The third-order valence-corrected chi connectivity index (χ3v) is 6.65. The van der Waals surface area contributed by atoms with Gasteiger partial charge in [-0.3, -0.25) is 9.59 Å². The molecule has 2 aromatic carbocycles. The molecule has 0 saturated carbocycles. The second-order valence-corrected chi connectivity index (χ2v) is 8.41. The molecule has 2 amide bonds. The van der Waals surface area contributed by atoms with Gasteiger partial charge in [-0.2, -0.15) is 0 Å². The number of carbonyl (C=O) groups is 2. The third kappa shape index (κ3) is 6.28. The van der Waals surface area contributed by atoms with E-state index in [1.807, 2.05) is 36.4 Å². The Bertz CT molecular complexity index is 615. The summed E-state index contributed by atoms with van der Waals surface area (Å²) in [6.07, 6.45) is 0. The topological polar surface area (TPSA) is 58.2 Å². The van der Waals surface area contributed by atoms with Gasteiger partial charge in [0.05, 0.1) is 0 Å². The van der Waals surface area contributed by atoms with E-state index in [-0.39, 0.29) is 11.8 Å². The molecule has 0 aromatic heterocycles. The molecule has 2 aromatic rings. The van der Waals surface area contributed by atoms with Crippen LogP contribution in [0.1, 0.15) is 0 Å². The summed E-state index contributed by atoms with van der Waals surface area (Å²) in [4.78, 5) is 23.9. The van der Waals surface area contributed by atoms with Crippen LogP contribution in [0.2, 0.25) is 0 Å². The number of amides is 2. The second-order valence-electron chi connectivity index (χ2n) is 4.54. The fourth-order valence-corrected chi connectivity index (χ4v) is 4.09. The van der Waals surface area contributed by atoms with Gasteiger partial charge < -0.3 is 10.6 Å². The van der Waals surface area contributed by atoms with Gasteiger partial charge in [-0.05, 0) is 24.3 Å². The van der Waals surface area contributed by atoms with Crippen LogP contribution in [0.25, 0.3) is 0 Å². The maximum absolute atomic E-state index is 12.0. The van der Waals surface area contributed by atoms with Crippen LogP contribution in [-0.4, -0.2) is 21.2 Å². The van der Waals surface area contributed by atoms with Crippen molar-refractivity contribution in [2.24, 2.45) is 0 Å². The van der Waals surface area contributed by atoms with E-state index in [0.717, 1.165) is 21.6 Å². The predicted octanol–water partition coefficient (Wildman–Crippen LogP) is 4.78. The number of para-hydroxylation sites is 2. The fraction of sp³-hybridized carbons (Fsp3) is 0.125. The van der Waals surface area contributed by atoms with Gasteiger partial charge in [-0.1, -0.05) is 81.2 Å². The summed E-state index contributed by atoms with van der Waals surface area (Å²) < 4.78 is -1.75. The number of alkyl halides is 2. The Labute approximate surface area is 158 Å². The van der Waals surface area contributed by atoms with Crippen LogP contribution in [0.15, 0.2) is 60.7 Å². The van der Waals surface area contributed by atoms with Gasteiger partial charge in [0.25, 0.3) is 11.8 Å². The quantitative estimate of drug-likeness (QED) is 0.518. The molecule has 0 bridgehead atoms. The van der Waals surface area contributed by atoms with Gasteiger partial charge in [0.1, 0.15) is 0 Å². The van der Waals surface area contributed by atoms with Gasteiger partial charge in [0, 0.05) is 11.4 Å². The number of hydrogen-bond donors (Lipinski definition) is 2. The SMILES string of the molecule is O=C(Nc1ccccc1)C(Cl)SSC(Cl)C(=O)Nc1ccccc1. The zero-order valence-corrected chi connectivity index (χ0v) is 15.5. The molecule has 0 spiro atoms. The van der Waals surface area contributed by atoms with E-state index in [1.54, 1.807) is 24.3 Å². The predicted molar refractivity (Wildman–Crippen MR) is 105 cm³/mol. The first-order valence-electron chi connectivity index (χ1n) is 6.88. The van der Waals surface area contributed by atoms with Crippen LogP contribution in [-0.2, 0) is 9.59 Å². The first-order valence-corrected chi connectivity index (χ1v) is 10.0. The Kier molecular flexibility index (Phi) is 7.78. The number of rotatable bonds is 7. The molecule has 2 atom stereocenters. The van der Waals surface area contributed by atoms with Gasteiger partial charge in [-0.15, -0.1) is 0 Å². The van der Waals surface area contributed by atoms with Crippen molar-refractivity contribution in [3.05, 3.63) is 60.7 Å². The third-order valence-electron chi connectivity index (χ3n) is 2.72. The Morgan fingerprint density at radius 1 is 0.708 bits per heavy atom. The minimum absolute atomic E-state index is 0.368. The molecule has 0 fully saturated rings. The Morgan fingerprint density at radius 3 is 1.38 bits per heavy atom. The van der Waals surface area contributed by atoms with Crippen molar-refractivity contribution in [1.82, 2.24) is 0 Å². The molecule has 2 N–H and O–H groups in total. The van der Waals surface area contributed by atoms with Crippen molar-refractivity contribution in [2.75, 3.05) is 10.6 Å². The van der Waals surface area contributed by atoms with Crippen LogP contribution in [0.5, 0.6) is 0 Å². The van der Waals surface area contributed by atoms with Gasteiger partial charge in [-0.25, -0.2) is 0 Å². The number of hydrogen-bond acceptors (Lipinski definition) is 4. The fourth-order valence-electron chi connectivity index (χ4n) is 1.63. The minimum atomic E-state index is -0.874. The van der Waals surface area contributed by atoms with Gasteiger partial charge in [0.15, 0.2) is 9.42 Å². The van der Waals surface area contributed by atoms with E-state index in [2.05, 4.69) is 10.6 Å². The lowest BCUT2D eigenvalue weighted by Crippen LogP contribution is -2.22. The Balaban J connectivity index is 1.77. The normalized spacial score (nSPS) is 12.9. The molecule has 0 aliphatic rings. The molecular weight excluding hydrogens is 387 g/mol. The zero-order valence-electron chi connectivity index (χ0n) is 12.3. The van der Waals surface area contributed by atoms with E-state index in [4.69, 9.17) is 23.2 Å². The molecule has 0 saturated heterocycles. The molecule has 0 aliphatic carbocycles. The summed E-state index contributed by atoms with van der Waals surface area (Å²) in [5.74, 6) is -0.736. The summed E-state index contributed by atoms with van der Waals surface area (Å²) in [5, 5.41) is 5.37. The summed E-state index contributed by atoms with van der Waals surface area (Å²) in [5.41, 5.74) is 1.31. The van der Waals surface area contributed by atoms with Crippen molar-refractivity contribution in [3.63, 3.8) is 0 Å². The monoisotopic (exact) mass is 400 g/mol. The highest BCUT2D eigenvalue weighted by molar-refractivity contribution is 8.78. The molecule has 24 heavy (non-hydrogen) atoms. The lowest BCUT2D eigenvalue weighted by Gasteiger charge is -2.12. The molecule has 2 rings (SSSR count). The first kappa shape index (κ1) is 19.0. The second kappa shape index (κ2) is 9.84. The summed E-state index contributed by atoms with van der Waals surface area (Å²) in [7, 11) is 2.06. The highest BCUT2D eigenvalue weighted by Gasteiger charge is 2.22. The standard InChI is InChI=1S/C16H14Cl2N2O2S2/c17-13(15(21)19-11-7-3-1-4-8-11)23-24-14(18)16(22)20-12-9-5-2-6-10-12/h1-10,13-14H,(H,19,21)(H,20,22). The van der Waals surface area contributed by atoms with Crippen molar-refractivity contribution < 1.29 is 9.59 Å². The van der Waals surface area contributed by atoms with Gasteiger partial charge in [0.2, 0.25) is 0 Å². The summed E-state index contributed by atoms with van der Waals surface area (Å²) >= 11 is 12.1. The minimum Gasteiger partial charge on any atom is -0.324 e. The molecule has 0 heterocycles. The maximum atomic E-state index is 12.0. The zero-order chi connectivity index (χ0) is 17.4. The molecule has 4 nitrogen and oxygen atoms in total. The summed E-state index contributed by atoms with van der Waals surface area (Å²) in [6.45, 7) is 0. The lowest BCUT2D eigenvalue weighted by molar-refractivity contribution is -0.115. The van der Waals surface area contributed by atoms with Crippen molar-refractivity contribution in [2.45, 2.75) is 9.42 Å². The maximum Gasteiger partial charge on any atom is 0.253 e. The van der Waals surface area contributed by atoms with Crippen LogP contribution < -0.4 is 10.6 Å². The highest BCUT2D eigenvalue weighted by Crippen LogP contribution is 2.36. The number of nitrogens with one attached hydrogen (secondary N) is 2. The van der Waals surface area contributed by atoms with Crippen LogP contribution in [0.4, 0.5) is 11.4 Å². The van der Waals surface area contributed by atoms with Gasteiger partial charge >= 0.3 is 0 Å². The largest absolute Gasteiger partial charge is 0.324 e. The van der Waals surface area contributed by atoms with E-state index < -0.39 is 9.42 Å². The van der Waals surface area contributed by atoms with Crippen molar-refractivity contribution >= 4 is 68.0 Å². The van der Waals surface area contributed by atoms with E-state index in [9.17, 15) is 9.59 Å². The number of anilines is 2. The number of carbonyl (C=O) groups excluding carboxylic acids is 2. The average molecular weight is 401 g/mol. The van der Waals surface area contributed by atoms with E-state index >= 15 is 0 Å². The summed E-state index contributed by atoms with van der Waals surface area (Å²) in [6, 6.07) is 18.0. The van der Waals surface area contributed by atoms with Crippen molar-refractivity contribution in [3.8, 4) is 0 Å². The molecule has 0 radical (unpaired) electrons. The van der Waals surface area contributed by atoms with Crippen molar-refractivity contribution in [1.29, 1.82) is 0 Å². The van der Waals surface area contributed by atoms with E-state index in [0.29, 0.717) is 11.4 Å². The number of halogens is 2. The first-order chi connectivity index (χ1) is 11.6. The number of benzene rings is 2. The van der Waals surface area contributed by atoms with Crippen LogP contribution >= 0.6 is 44.8 Å². The Hall–Kier alpha value is -1.34. The molecule has 126 valence electrons. The lowest BCUT2D eigenvalue weighted by atomic mass is 10.3. The molecule has 8 heteroatoms. The molecule has 0 aliphatic heterocycles. The Morgan fingerprint density at radius 2 is 1.04 bits per heavy atom. The molecular formula is C16H14Cl2N2O2S2. The van der Waals surface area contributed by atoms with Crippen LogP contribution in [0, 0.1) is 0 Å². The highest BCUT2D eigenvalue weighted by atomic mass is 35.5. The smallest absolute Gasteiger partial charge is 0.253 e.